The van der Waals surface area contributed by atoms with Gasteiger partial charge in [0.25, 0.3) is 0 Å². The van der Waals surface area contributed by atoms with Gasteiger partial charge in [0, 0.05) is 53.5 Å². The van der Waals surface area contributed by atoms with Gasteiger partial charge in [0.15, 0.2) is 0 Å². The highest BCUT2D eigenvalue weighted by molar-refractivity contribution is 6.31. The molecule has 0 fully saturated rings. The van der Waals surface area contributed by atoms with Crippen molar-refractivity contribution in [2.45, 2.75) is 19.5 Å². The van der Waals surface area contributed by atoms with Gasteiger partial charge in [-0.2, -0.15) is 0 Å². The molecule has 0 saturated heterocycles. The highest BCUT2D eigenvalue weighted by Crippen LogP contribution is 2.25. The molecule has 3 rings (SSSR count). The fraction of sp³-hybridized carbons (Fsp3) is 0.235. The van der Waals surface area contributed by atoms with Crippen LogP contribution in [0, 0.1) is 0 Å². The predicted octanol–water partition coefficient (Wildman–Crippen LogP) is 3.65. The highest BCUT2D eigenvalue weighted by atomic mass is 35.5. The smallest absolute Gasteiger partial charge is 0.0498 e. The predicted molar refractivity (Wildman–Crippen MR) is 87.7 cm³/mol. The van der Waals surface area contributed by atoms with Crippen molar-refractivity contribution in [2.24, 2.45) is 0 Å². The molecule has 0 aliphatic carbocycles. The van der Waals surface area contributed by atoms with Crippen LogP contribution in [0.1, 0.15) is 11.3 Å². The number of benzene rings is 1. The minimum Gasteiger partial charge on any atom is -0.347 e. The van der Waals surface area contributed by atoms with E-state index >= 15 is 0 Å². The molecule has 2 aromatic heterocycles. The molecular formula is C17H18ClN3. The second kappa shape index (κ2) is 6.29. The molecule has 0 radical (unpaired) electrons. The van der Waals surface area contributed by atoms with E-state index in [1.54, 1.807) is 0 Å². The molecule has 0 amide bonds. The summed E-state index contributed by atoms with van der Waals surface area (Å²) < 4.78 is 2.27. The van der Waals surface area contributed by atoms with Crippen molar-refractivity contribution in [1.82, 2.24) is 14.9 Å². The van der Waals surface area contributed by atoms with Crippen molar-refractivity contribution < 1.29 is 0 Å². The molecule has 0 aliphatic heterocycles. The van der Waals surface area contributed by atoms with E-state index < -0.39 is 0 Å². The Labute approximate surface area is 129 Å². The molecule has 0 atom stereocenters. The SMILES string of the molecule is CNCc1cn(CCc2ccccn2)c2cc(Cl)ccc12. The molecule has 0 spiro atoms. The lowest BCUT2D eigenvalue weighted by atomic mass is 10.2. The van der Waals surface area contributed by atoms with Crippen LogP contribution in [0.3, 0.4) is 0 Å². The average Bonchev–Trinajstić information content (AvgIpc) is 2.84. The molecule has 3 aromatic rings. The summed E-state index contributed by atoms with van der Waals surface area (Å²) in [5.41, 5.74) is 3.59. The number of hydrogen-bond acceptors (Lipinski definition) is 2. The first-order valence-corrected chi connectivity index (χ1v) is 7.47. The van der Waals surface area contributed by atoms with Crippen molar-refractivity contribution in [1.29, 1.82) is 0 Å². The largest absolute Gasteiger partial charge is 0.347 e. The van der Waals surface area contributed by atoms with Crippen molar-refractivity contribution in [3.63, 3.8) is 0 Å². The molecular weight excluding hydrogens is 282 g/mol. The van der Waals surface area contributed by atoms with Gasteiger partial charge < -0.3 is 9.88 Å². The Hall–Kier alpha value is -1.84. The first-order valence-electron chi connectivity index (χ1n) is 7.09. The van der Waals surface area contributed by atoms with Crippen LogP contribution in [0.5, 0.6) is 0 Å². The van der Waals surface area contributed by atoms with Crippen LogP contribution in [0.2, 0.25) is 5.02 Å². The Bertz CT molecular complexity index is 734. The number of nitrogens with one attached hydrogen (secondary N) is 1. The van der Waals surface area contributed by atoms with E-state index in [0.29, 0.717) is 0 Å². The number of nitrogens with zero attached hydrogens (tertiary/aromatic N) is 2. The van der Waals surface area contributed by atoms with Crippen LogP contribution in [0.4, 0.5) is 0 Å². The first kappa shape index (κ1) is 14.1. The van der Waals surface area contributed by atoms with Gasteiger partial charge in [-0.05, 0) is 36.9 Å². The third kappa shape index (κ3) is 3.09. The van der Waals surface area contributed by atoms with Crippen molar-refractivity contribution in [2.75, 3.05) is 7.05 Å². The first-order chi connectivity index (χ1) is 10.3. The Morgan fingerprint density at radius 1 is 1.24 bits per heavy atom. The number of aryl methyl sites for hydroxylation is 2. The third-order valence-electron chi connectivity index (χ3n) is 3.63. The number of halogens is 1. The zero-order valence-corrected chi connectivity index (χ0v) is 12.8. The number of rotatable bonds is 5. The second-order valence-electron chi connectivity index (χ2n) is 5.11. The molecule has 0 unspecified atom stereocenters. The Kier molecular flexibility index (Phi) is 4.23. The molecule has 0 aliphatic rings. The summed E-state index contributed by atoms with van der Waals surface area (Å²) in [6, 6.07) is 12.1. The molecule has 0 saturated carbocycles. The molecule has 108 valence electrons. The Balaban J connectivity index is 1.92. The number of hydrogen-bond donors (Lipinski definition) is 1. The van der Waals surface area contributed by atoms with E-state index in [1.807, 2.05) is 37.5 Å². The number of aromatic nitrogens is 2. The van der Waals surface area contributed by atoms with Gasteiger partial charge in [-0.3, -0.25) is 4.98 Å². The maximum Gasteiger partial charge on any atom is 0.0498 e. The summed E-state index contributed by atoms with van der Waals surface area (Å²) in [5, 5.41) is 5.25. The van der Waals surface area contributed by atoms with Gasteiger partial charge in [0.05, 0.1) is 0 Å². The van der Waals surface area contributed by atoms with Crippen molar-refractivity contribution in [3.05, 3.63) is 65.1 Å². The lowest BCUT2D eigenvalue weighted by Gasteiger charge is -2.05. The van der Waals surface area contributed by atoms with Crippen LogP contribution in [0.25, 0.3) is 10.9 Å². The maximum atomic E-state index is 6.15. The summed E-state index contributed by atoms with van der Waals surface area (Å²) >= 11 is 6.15. The molecule has 21 heavy (non-hydrogen) atoms. The zero-order chi connectivity index (χ0) is 14.7. The van der Waals surface area contributed by atoms with E-state index in [9.17, 15) is 0 Å². The van der Waals surface area contributed by atoms with Crippen molar-refractivity contribution >= 4 is 22.5 Å². The van der Waals surface area contributed by atoms with E-state index in [4.69, 9.17) is 11.6 Å². The molecule has 0 bridgehead atoms. The fourth-order valence-electron chi connectivity index (χ4n) is 2.64. The van der Waals surface area contributed by atoms with Crippen LogP contribution in [-0.4, -0.2) is 16.6 Å². The molecule has 1 N–H and O–H groups in total. The lowest BCUT2D eigenvalue weighted by molar-refractivity contribution is 0.704. The molecule has 3 nitrogen and oxygen atoms in total. The Morgan fingerprint density at radius 3 is 2.90 bits per heavy atom. The lowest BCUT2D eigenvalue weighted by Crippen LogP contribution is -2.04. The Morgan fingerprint density at radius 2 is 2.14 bits per heavy atom. The summed E-state index contributed by atoms with van der Waals surface area (Å²) in [7, 11) is 1.97. The number of pyridine rings is 1. The molecule has 2 heterocycles. The normalized spacial score (nSPS) is 11.1. The topological polar surface area (TPSA) is 29.9 Å². The van der Waals surface area contributed by atoms with Gasteiger partial charge in [-0.15, -0.1) is 0 Å². The summed E-state index contributed by atoms with van der Waals surface area (Å²) in [4.78, 5) is 4.38. The minimum atomic E-state index is 0.774. The van der Waals surface area contributed by atoms with Crippen LogP contribution < -0.4 is 5.32 Å². The summed E-state index contributed by atoms with van der Waals surface area (Å²) in [6.07, 6.45) is 4.96. The molecule has 1 aromatic carbocycles. The van der Waals surface area contributed by atoms with Gasteiger partial charge >= 0.3 is 0 Å². The summed E-state index contributed by atoms with van der Waals surface area (Å²) in [5.74, 6) is 0. The standard InChI is InChI=1S/C17H18ClN3/c1-19-11-13-12-21(9-7-15-4-2-3-8-20-15)17-10-14(18)5-6-16(13)17/h2-6,8,10,12,19H,7,9,11H2,1H3. The number of fused-ring (bicyclic) bond motifs is 1. The second-order valence-corrected chi connectivity index (χ2v) is 5.55. The zero-order valence-electron chi connectivity index (χ0n) is 12.0. The quantitative estimate of drug-likeness (QED) is 0.779. The van der Waals surface area contributed by atoms with Crippen LogP contribution >= 0.6 is 11.6 Å². The van der Waals surface area contributed by atoms with Gasteiger partial charge in [-0.25, -0.2) is 0 Å². The van der Waals surface area contributed by atoms with E-state index in [1.165, 1.54) is 16.5 Å². The van der Waals surface area contributed by atoms with Crippen LogP contribution in [-0.2, 0) is 19.5 Å². The van der Waals surface area contributed by atoms with Gasteiger partial charge in [-0.1, -0.05) is 23.7 Å². The average molecular weight is 300 g/mol. The van der Waals surface area contributed by atoms with Gasteiger partial charge in [0.1, 0.15) is 0 Å². The highest BCUT2D eigenvalue weighted by Gasteiger charge is 2.08. The maximum absolute atomic E-state index is 6.15. The summed E-state index contributed by atoms with van der Waals surface area (Å²) in [6.45, 7) is 1.76. The van der Waals surface area contributed by atoms with E-state index in [2.05, 4.69) is 33.2 Å². The van der Waals surface area contributed by atoms with Crippen molar-refractivity contribution in [3.8, 4) is 0 Å². The third-order valence-corrected chi connectivity index (χ3v) is 3.86. The molecule has 4 heteroatoms. The van der Waals surface area contributed by atoms with Crippen LogP contribution in [0.15, 0.2) is 48.8 Å². The van der Waals surface area contributed by atoms with Gasteiger partial charge in [0.2, 0.25) is 0 Å². The van der Waals surface area contributed by atoms with E-state index in [-0.39, 0.29) is 0 Å². The van der Waals surface area contributed by atoms with E-state index in [0.717, 1.165) is 30.2 Å². The fourth-order valence-corrected chi connectivity index (χ4v) is 2.80. The minimum absolute atomic E-state index is 0.774. The monoisotopic (exact) mass is 299 g/mol.